The number of thiophene rings is 1. The van der Waals surface area contributed by atoms with Gasteiger partial charge in [0.05, 0.1) is 0 Å². The van der Waals surface area contributed by atoms with Gasteiger partial charge in [-0.1, -0.05) is 57.5 Å². The first-order chi connectivity index (χ1) is 9.97. The lowest BCUT2D eigenvalue weighted by Gasteiger charge is -2.15. The van der Waals surface area contributed by atoms with Crippen molar-refractivity contribution in [1.82, 2.24) is 0 Å². The summed E-state index contributed by atoms with van der Waals surface area (Å²) >= 11 is 2.00. The van der Waals surface area contributed by atoms with Gasteiger partial charge in [-0.25, -0.2) is 0 Å². The van der Waals surface area contributed by atoms with Gasteiger partial charge in [0.1, 0.15) is 0 Å². The fourth-order valence-electron chi connectivity index (χ4n) is 2.65. The van der Waals surface area contributed by atoms with Gasteiger partial charge in [0.15, 0.2) is 0 Å². The number of rotatable bonds is 6. The molecule has 0 aliphatic carbocycles. The van der Waals surface area contributed by atoms with E-state index in [1.807, 2.05) is 11.3 Å². The molecule has 0 radical (unpaired) electrons. The molecule has 0 aliphatic heterocycles. The van der Waals surface area contributed by atoms with Gasteiger partial charge in [0.2, 0.25) is 0 Å². The predicted molar refractivity (Wildman–Crippen MR) is 95.7 cm³/mol. The summed E-state index contributed by atoms with van der Waals surface area (Å²) in [5, 5.41) is 0. The van der Waals surface area contributed by atoms with E-state index in [4.69, 9.17) is 0 Å². The van der Waals surface area contributed by atoms with E-state index in [9.17, 15) is 0 Å². The summed E-state index contributed by atoms with van der Waals surface area (Å²) in [6, 6.07) is 13.7. The van der Waals surface area contributed by atoms with E-state index >= 15 is 0 Å². The van der Waals surface area contributed by atoms with Crippen LogP contribution >= 0.6 is 11.3 Å². The van der Waals surface area contributed by atoms with Crippen LogP contribution in [0.2, 0.25) is 0 Å². The Morgan fingerprint density at radius 2 is 1.33 bits per heavy atom. The van der Waals surface area contributed by atoms with Crippen LogP contribution < -0.4 is 0 Å². The largest absolute Gasteiger partial charge is 0.145 e. The summed E-state index contributed by atoms with van der Waals surface area (Å²) in [5.41, 5.74) is 2.82. The van der Waals surface area contributed by atoms with Crippen molar-refractivity contribution >= 4 is 11.3 Å². The monoisotopic (exact) mass is 300 g/mol. The first-order valence-electron chi connectivity index (χ1n) is 8.13. The molecule has 0 N–H and O–H groups in total. The topological polar surface area (TPSA) is 0 Å². The average molecular weight is 301 g/mol. The van der Waals surface area contributed by atoms with Crippen molar-refractivity contribution in [2.75, 3.05) is 0 Å². The van der Waals surface area contributed by atoms with Gasteiger partial charge in [-0.2, -0.15) is 0 Å². The molecule has 0 amide bonds. The summed E-state index contributed by atoms with van der Waals surface area (Å²) in [6.45, 7) is 11.4. The highest BCUT2D eigenvalue weighted by atomic mass is 32.1. The van der Waals surface area contributed by atoms with Crippen molar-refractivity contribution in [2.45, 2.75) is 65.2 Å². The van der Waals surface area contributed by atoms with Crippen LogP contribution in [-0.2, 0) is 0 Å². The zero-order chi connectivity index (χ0) is 15.4. The second-order valence-electron chi connectivity index (χ2n) is 6.68. The summed E-state index contributed by atoms with van der Waals surface area (Å²) in [5.74, 6) is 1.98. The second kappa shape index (κ2) is 7.26. The van der Waals surface area contributed by atoms with Crippen molar-refractivity contribution in [1.29, 1.82) is 0 Å². The summed E-state index contributed by atoms with van der Waals surface area (Å²) in [4.78, 5) is 3.07. The van der Waals surface area contributed by atoms with E-state index in [2.05, 4.69) is 71.0 Å². The molecule has 1 heteroatoms. The smallest absolute Gasteiger partial charge is 0.00764 e. The average Bonchev–Trinajstić information content (AvgIpc) is 2.95. The molecule has 2 unspecified atom stereocenters. The third-order valence-electron chi connectivity index (χ3n) is 4.38. The van der Waals surface area contributed by atoms with E-state index in [0.717, 1.165) is 0 Å². The molecule has 1 aromatic carbocycles. The van der Waals surface area contributed by atoms with E-state index < -0.39 is 0 Å². The van der Waals surface area contributed by atoms with Gasteiger partial charge < -0.3 is 0 Å². The molecule has 1 aromatic heterocycles. The Kier molecular flexibility index (Phi) is 5.64. The minimum absolute atomic E-state index is 0.651. The Balaban J connectivity index is 1.90. The molecule has 2 aromatic rings. The maximum Gasteiger partial charge on any atom is 0.00764 e. The van der Waals surface area contributed by atoms with Gasteiger partial charge >= 0.3 is 0 Å². The SMILES string of the molecule is Cc1ccc(C(C)CCC(C)c2ccc(C(C)C)s2)cc1. The molecule has 114 valence electrons. The Labute approximate surface area is 134 Å². The fraction of sp³-hybridized carbons (Fsp3) is 0.500. The van der Waals surface area contributed by atoms with E-state index in [1.165, 1.54) is 28.8 Å². The molecule has 0 saturated carbocycles. The normalized spacial score (nSPS) is 14.4. The molecule has 2 atom stereocenters. The molecule has 0 bridgehead atoms. The maximum atomic E-state index is 2.37. The number of hydrogen-bond donors (Lipinski definition) is 0. The van der Waals surface area contributed by atoms with Crippen molar-refractivity contribution in [2.24, 2.45) is 0 Å². The Bertz CT molecular complexity index is 547. The fourth-order valence-corrected chi connectivity index (χ4v) is 3.75. The minimum Gasteiger partial charge on any atom is -0.145 e. The Morgan fingerprint density at radius 3 is 1.90 bits per heavy atom. The molecule has 0 nitrogen and oxygen atoms in total. The highest BCUT2D eigenvalue weighted by molar-refractivity contribution is 7.12. The van der Waals surface area contributed by atoms with Crippen LogP contribution in [0.1, 0.15) is 79.2 Å². The molecule has 0 fully saturated rings. The molecular weight excluding hydrogens is 272 g/mol. The maximum absolute atomic E-state index is 2.37. The zero-order valence-electron chi connectivity index (χ0n) is 14.0. The number of benzene rings is 1. The Morgan fingerprint density at radius 1 is 0.762 bits per heavy atom. The van der Waals surface area contributed by atoms with E-state index in [1.54, 1.807) is 4.88 Å². The van der Waals surface area contributed by atoms with Crippen LogP contribution in [0.15, 0.2) is 36.4 Å². The van der Waals surface area contributed by atoms with Crippen molar-refractivity contribution in [3.63, 3.8) is 0 Å². The summed E-state index contributed by atoms with van der Waals surface area (Å²) in [6.07, 6.45) is 2.53. The minimum atomic E-state index is 0.651. The van der Waals surface area contributed by atoms with Crippen molar-refractivity contribution in [3.8, 4) is 0 Å². The molecule has 1 heterocycles. The zero-order valence-corrected chi connectivity index (χ0v) is 14.8. The van der Waals surface area contributed by atoms with Crippen LogP contribution in [0.3, 0.4) is 0 Å². The molecule has 0 saturated heterocycles. The number of aryl methyl sites for hydroxylation is 1. The van der Waals surface area contributed by atoms with Crippen LogP contribution in [-0.4, -0.2) is 0 Å². The van der Waals surface area contributed by atoms with E-state index in [0.29, 0.717) is 17.8 Å². The lowest BCUT2D eigenvalue weighted by molar-refractivity contribution is 0.579. The van der Waals surface area contributed by atoms with Crippen molar-refractivity contribution in [3.05, 3.63) is 57.3 Å². The van der Waals surface area contributed by atoms with Crippen LogP contribution in [0.4, 0.5) is 0 Å². The third-order valence-corrected chi connectivity index (χ3v) is 6.00. The molecule has 0 spiro atoms. The lowest BCUT2D eigenvalue weighted by Crippen LogP contribution is -1.97. The predicted octanol–water partition coefficient (Wildman–Crippen LogP) is 6.87. The van der Waals surface area contributed by atoms with Crippen LogP contribution in [0.5, 0.6) is 0 Å². The quantitative estimate of drug-likeness (QED) is 0.546. The highest BCUT2D eigenvalue weighted by Crippen LogP contribution is 2.33. The van der Waals surface area contributed by atoms with Gasteiger partial charge in [0, 0.05) is 9.75 Å². The van der Waals surface area contributed by atoms with Gasteiger partial charge in [0.25, 0.3) is 0 Å². The summed E-state index contributed by atoms with van der Waals surface area (Å²) in [7, 11) is 0. The first kappa shape index (κ1) is 16.3. The summed E-state index contributed by atoms with van der Waals surface area (Å²) < 4.78 is 0. The Hall–Kier alpha value is -1.08. The van der Waals surface area contributed by atoms with Gasteiger partial charge in [-0.05, 0) is 55.2 Å². The molecule has 2 rings (SSSR count). The first-order valence-corrected chi connectivity index (χ1v) is 8.95. The van der Waals surface area contributed by atoms with Gasteiger partial charge in [-0.15, -0.1) is 11.3 Å². The molecular formula is C20H28S. The van der Waals surface area contributed by atoms with E-state index in [-0.39, 0.29) is 0 Å². The van der Waals surface area contributed by atoms with Gasteiger partial charge in [-0.3, -0.25) is 0 Å². The third kappa shape index (κ3) is 4.44. The lowest BCUT2D eigenvalue weighted by atomic mass is 9.91. The molecule has 21 heavy (non-hydrogen) atoms. The van der Waals surface area contributed by atoms with Crippen molar-refractivity contribution < 1.29 is 0 Å². The van der Waals surface area contributed by atoms with Crippen LogP contribution in [0, 0.1) is 6.92 Å². The number of hydrogen-bond acceptors (Lipinski definition) is 1. The second-order valence-corrected chi connectivity index (χ2v) is 7.83. The van der Waals surface area contributed by atoms with Crippen LogP contribution in [0.25, 0.3) is 0 Å². The standard InChI is InChI=1S/C20H28S/c1-14(2)19-12-13-20(21-19)17(5)9-8-16(4)18-10-6-15(3)7-11-18/h6-7,10-14,16-17H,8-9H2,1-5H3. The molecule has 0 aliphatic rings. The highest BCUT2D eigenvalue weighted by Gasteiger charge is 2.13.